The fraction of sp³-hybridized carbons (Fsp3) is 0. The Morgan fingerprint density at radius 2 is 2.13 bits per heavy atom. The SMILES string of the molecule is C=C/C(=C\C(=C)F)Oc1cccc(F)c1. The van der Waals surface area contributed by atoms with Gasteiger partial charge < -0.3 is 4.74 Å². The summed E-state index contributed by atoms with van der Waals surface area (Å²) < 4.78 is 30.4. The van der Waals surface area contributed by atoms with E-state index in [0.29, 0.717) is 0 Å². The second-order valence-corrected chi connectivity index (χ2v) is 2.76. The van der Waals surface area contributed by atoms with Crippen molar-refractivity contribution in [3.63, 3.8) is 0 Å². The largest absolute Gasteiger partial charge is 0.457 e. The quantitative estimate of drug-likeness (QED) is 0.540. The fourth-order valence-electron chi connectivity index (χ4n) is 0.951. The first kappa shape index (κ1) is 11.2. The van der Waals surface area contributed by atoms with Gasteiger partial charge in [0.15, 0.2) is 0 Å². The molecule has 0 aliphatic carbocycles. The Morgan fingerprint density at radius 3 is 2.67 bits per heavy atom. The average Bonchev–Trinajstić information content (AvgIpc) is 2.16. The molecule has 1 aromatic rings. The van der Waals surface area contributed by atoms with Gasteiger partial charge in [-0.05, 0) is 18.2 Å². The van der Waals surface area contributed by atoms with Crippen LogP contribution in [0.25, 0.3) is 0 Å². The van der Waals surface area contributed by atoms with Crippen molar-refractivity contribution < 1.29 is 13.5 Å². The molecule has 0 fully saturated rings. The lowest BCUT2D eigenvalue weighted by Crippen LogP contribution is -1.92. The molecule has 0 saturated carbocycles. The molecule has 0 bridgehead atoms. The summed E-state index contributed by atoms with van der Waals surface area (Å²) in [5.74, 6) is -0.619. The van der Waals surface area contributed by atoms with Crippen LogP contribution in [-0.2, 0) is 0 Å². The third-order valence-electron chi connectivity index (χ3n) is 1.53. The summed E-state index contributed by atoms with van der Waals surface area (Å²) in [6.07, 6.45) is 2.38. The summed E-state index contributed by atoms with van der Waals surface area (Å²) in [5, 5.41) is 0. The second-order valence-electron chi connectivity index (χ2n) is 2.76. The van der Waals surface area contributed by atoms with Crippen LogP contribution < -0.4 is 4.74 Å². The smallest absolute Gasteiger partial charge is 0.130 e. The minimum Gasteiger partial charge on any atom is -0.457 e. The molecule has 0 aromatic heterocycles. The summed E-state index contributed by atoms with van der Waals surface area (Å²) in [5.41, 5.74) is 0. The number of hydrogen-bond acceptors (Lipinski definition) is 1. The van der Waals surface area contributed by atoms with E-state index >= 15 is 0 Å². The number of rotatable bonds is 4. The van der Waals surface area contributed by atoms with Crippen molar-refractivity contribution in [2.75, 3.05) is 0 Å². The maximum Gasteiger partial charge on any atom is 0.130 e. The fourth-order valence-corrected chi connectivity index (χ4v) is 0.951. The van der Waals surface area contributed by atoms with E-state index in [4.69, 9.17) is 4.74 Å². The lowest BCUT2D eigenvalue weighted by Gasteiger charge is -2.05. The zero-order valence-corrected chi connectivity index (χ0v) is 8.04. The van der Waals surface area contributed by atoms with E-state index in [1.54, 1.807) is 6.07 Å². The first-order valence-corrected chi connectivity index (χ1v) is 4.24. The molecule has 78 valence electrons. The van der Waals surface area contributed by atoms with E-state index < -0.39 is 11.6 Å². The van der Waals surface area contributed by atoms with Gasteiger partial charge in [-0.15, -0.1) is 0 Å². The molecule has 1 nitrogen and oxygen atoms in total. The highest BCUT2D eigenvalue weighted by Crippen LogP contribution is 2.16. The van der Waals surface area contributed by atoms with Crippen LogP contribution in [0.4, 0.5) is 8.78 Å². The normalized spacial score (nSPS) is 10.9. The Kier molecular flexibility index (Phi) is 3.80. The van der Waals surface area contributed by atoms with Gasteiger partial charge in [0.05, 0.1) is 0 Å². The van der Waals surface area contributed by atoms with Crippen LogP contribution in [0.3, 0.4) is 0 Å². The topological polar surface area (TPSA) is 9.23 Å². The molecule has 0 unspecified atom stereocenters. The highest BCUT2D eigenvalue weighted by atomic mass is 19.1. The van der Waals surface area contributed by atoms with Gasteiger partial charge in [-0.1, -0.05) is 19.2 Å². The molecule has 0 atom stereocenters. The molecule has 0 aliphatic heterocycles. The lowest BCUT2D eigenvalue weighted by atomic mass is 10.3. The molecular formula is C12H10F2O. The number of allylic oxidation sites excluding steroid dienone is 3. The van der Waals surface area contributed by atoms with E-state index in [-0.39, 0.29) is 11.5 Å². The zero-order valence-electron chi connectivity index (χ0n) is 8.04. The van der Waals surface area contributed by atoms with Gasteiger partial charge in [-0.3, -0.25) is 0 Å². The Labute approximate surface area is 87.0 Å². The zero-order chi connectivity index (χ0) is 11.3. The number of benzene rings is 1. The molecule has 0 spiro atoms. The Morgan fingerprint density at radius 1 is 1.40 bits per heavy atom. The Hall–Kier alpha value is -1.90. The van der Waals surface area contributed by atoms with Crippen LogP contribution in [0.15, 0.2) is 61.2 Å². The third kappa shape index (κ3) is 3.77. The molecule has 0 aliphatic rings. The van der Waals surface area contributed by atoms with E-state index in [9.17, 15) is 8.78 Å². The van der Waals surface area contributed by atoms with Crippen LogP contribution in [0.1, 0.15) is 0 Å². The summed E-state index contributed by atoms with van der Waals surface area (Å²) in [6.45, 7) is 6.50. The molecular weight excluding hydrogens is 198 g/mol. The number of ether oxygens (including phenoxy) is 1. The second kappa shape index (κ2) is 5.10. The molecule has 15 heavy (non-hydrogen) atoms. The van der Waals surface area contributed by atoms with Crippen molar-refractivity contribution in [3.8, 4) is 5.75 Å². The van der Waals surface area contributed by atoms with Crippen LogP contribution in [0.5, 0.6) is 5.75 Å². The van der Waals surface area contributed by atoms with Crippen LogP contribution >= 0.6 is 0 Å². The average molecular weight is 208 g/mol. The maximum absolute atomic E-state index is 12.8. The summed E-state index contributed by atoms with van der Waals surface area (Å²) in [6, 6.07) is 5.54. The van der Waals surface area contributed by atoms with Crippen molar-refractivity contribution >= 4 is 0 Å². The first-order chi connectivity index (χ1) is 7.11. The number of halogens is 2. The molecule has 1 rings (SSSR count). The van der Waals surface area contributed by atoms with Crippen molar-refractivity contribution in [2.45, 2.75) is 0 Å². The molecule has 3 heteroatoms. The van der Waals surface area contributed by atoms with Gasteiger partial charge >= 0.3 is 0 Å². The lowest BCUT2D eigenvalue weighted by molar-refractivity contribution is 0.437. The van der Waals surface area contributed by atoms with Gasteiger partial charge in [0.1, 0.15) is 23.2 Å². The highest BCUT2D eigenvalue weighted by molar-refractivity contribution is 5.28. The molecule has 1 aromatic carbocycles. The minimum atomic E-state index is -0.652. The Balaban J connectivity index is 2.84. The molecule has 0 heterocycles. The van der Waals surface area contributed by atoms with Gasteiger partial charge in [-0.25, -0.2) is 8.78 Å². The van der Waals surface area contributed by atoms with Gasteiger partial charge in [0, 0.05) is 12.1 Å². The standard InChI is InChI=1S/C12H10F2O/c1-3-11(7-9(2)13)15-12-6-4-5-10(14)8-12/h3-8H,1-2H2/b11-7+. The third-order valence-corrected chi connectivity index (χ3v) is 1.53. The summed E-state index contributed by atoms with van der Waals surface area (Å²) >= 11 is 0. The molecule has 0 N–H and O–H groups in total. The van der Waals surface area contributed by atoms with Gasteiger partial charge in [0.2, 0.25) is 0 Å². The maximum atomic E-state index is 12.8. The van der Waals surface area contributed by atoms with E-state index in [1.165, 1.54) is 24.3 Å². The van der Waals surface area contributed by atoms with E-state index in [1.807, 2.05) is 0 Å². The van der Waals surface area contributed by atoms with Crippen molar-refractivity contribution in [1.29, 1.82) is 0 Å². The van der Waals surface area contributed by atoms with E-state index in [0.717, 1.165) is 6.08 Å². The molecule has 0 radical (unpaired) electrons. The molecule has 0 saturated heterocycles. The Bertz CT molecular complexity index is 408. The monoisotopic (exact) mass is 208 g/mol. The highest BCUT2D eigenvalue weighted by Gasteiger charge is 1.99. The summed E-state index contributed by atoms with van der Waals surface area (Å²) in [4.78, 5) is 0. The van der Waals surface area contributed by atoms with Gasteiger partial charge in [-0.2, -0.15) is 0 Å². The van der Waals surface area contributed by atoms with Gasteiger partial charge in [0.25, 0.3) is 0 Å². The van der Waals surface area contributed by atoms with Crippen molar-refractivity contribution in [2.24, 2.45) is 0 Å². The first-order valence-electron chi connectivity index (χ1n) is 4.24. The molecule has 0 amide bonds. The van der Waals surface area contributed by atoms with Crippen LogP contribution in [-0.4, -0.2) is 0 Å². The number of hydrogen-bond donors (Lipinski definition) is 0. The summed E-state index contributed by atoms with van der Waals surface area (Å²) in [7, 11) is 0. The van der Waals surface area contributed by atoms with Crippen molar-refractivity contribution in [3.05, 3.63) is 67.0 Å². The predicted molar refractivity (Wildman–Crippen MR) is 55.6 cm³/mol. The predicted octanol–water partition coefficient (Wildman–Crippen LogP) is 3.76. The van der Waals surface area contributed by atoms with Crippen LogP contribution in [0, 0.1) is 5.82 Å². The van der Waals surface area contributed by atoms with E-state index in [2.05, 4.69) is 13.2 Å². The van der Waals surface area contributed by atoms with Crippen molar-refractivity contribution in [1.82, 2.24) is 0 Å². The minimum absolute atomic E-state index is 0.174. The van der Waals surface area contributed by atoms with Crippen LogP contribution in [0.2, 0.25) is 0 Å².